The zero-order valence-electron chi connectivity index (χ0n) is 25.7. The van der Waals surface area contributed by atoms with E-state index in [0.717, 1.165) is 35.5 Å². The van der Waals surface area contributed by atoms with Crippen molar-refractivity contribution < 1.29 is 42.6 Å². The number of carbonyl (C=O) groups excluding carboxylic acids is 3. The van der Waals surface area contributed by atoms with Gasteiger partial charge in [-0.05, 0) is 42.0 Å². The van der Waals surface area contributed by atoms with Gasteiger partial charge in [-0.15, -0.1) is 11.3 Å². The maximum atomic E-state index is 14.3. The van der Waals surface area contributed by atoms with E-state index in [2.05, 4.69) is 11.4 Å². The minimum Gasteiger partial charge on any atom is -0.391 e. The van der Waals surface area contributed by atoms with Crippen LogP contribution in [0.5, 0.6) is 0 Å². The van der Waals surface area contributed by atoms with E-state index in [9.17, 15) is 38.1 Å². The number of rotatable bonds is 6. The molecule has 6 atom stereocenters. The van der Waals surface area contributed by atoms with Crippen LogP contribution >= 0.6 is 18.9 Å². The summed E-state index contributed by atoms with van der Waals surface area (Å²) in [4.78, 5) is 63.1. The Kier molecular flexibility index (Phi) is 9.45. The van der Waals surface area contributed by atoms with Gasteiger partial charge in [-0.3, -0.25) is 18.9 Å². The van der Waals surface area contributed by atoms with Crippen LogP contribution in [0.3, 0.4) is 0 Å². The van der Waals surface area contributed by atoms with Crippen LogP contribution in [0.15, 0.2) is 54.6 Å². The quantitative estimate of drug-likeness (QED) is 0.276. The monoisotopic (exact) mass is 700 g/mol. The smallest absolute Gasteiger partial charge is 0.391 e. The number of benzene rings is 2. The van der Waals surface area contributed by atoms with E-state index < -0.39 is 60.8 Å². The predicted molar refractivity (Wildman–Crippen MR) is 172 cm³/mol. The van der Waals surface area contributed by atoms with Crippen molar-refractivity contribution >= 4 is 46.7 Å². The number of hydrogen-bond donors (Lipinski definition) is 4. The van der Waals surface area contributed by atoms with Gasteiger partial charge < -0.3 is 30.0 Å². The fourth-order valence-corrected chi connectivity index (χ4v) is 8.63. The summed E-state index contributed by atoms with van der Waals surface area (Å²) in [5.41, 5.74) is -4.35. The van der Waals surface area contributed by atoms with Crippen LogP contribution in [0.1, 0.15) is 65.2 Å². The van der Waals surface area contributed by atoms with Crippen molar-refractivity contribution in [2.45, 2.75) is 74.3 Å². The van der Waals surface area contributed by atoms with E-state index in [4.69, 9.17) is 9.79 Å². The molecule has 0 saturated carbocycles. The Morgan fingerprint density at radius 3 is 2.48 bits per heavy atom. The van der Waals surface area contributed by atoms with Crippen LogP contribution in [-0.4, -0.2) is 79.7 Å². The van der Waals surface area contributed by atoms with Gasteiger partial charge in [0.1, 0.15) is 12.1 Å². The Labute approximate surface area is 279 Å². The molecule has 0 aliphatic carbocycles. The molecule has 3 aliphatic heterocycles. The molecule has 0 bridgehead atoms. The summed E-state index contributed by atoms with van der Waals surface area (Å²) in [5, 5.41) is 23.9. The lowest BCUT2D eigenvalue weighted by Crippen LogP contribution is -2.56. The maximum absolute atomic E-state index is 14.3. The highest BCUT2D eigenvalue weighted by Crippen LogP contribution is 2.59. The van der Waals surface area contributed by atoms with Gasteiger partial charge in [0.25, 0.3) is 5.91 Å². The number of alkyl halides is 2. The molecule has 2 aromatic carbocycles. The van der Waals surface area contributed by atoms with E-state index in [1.54, 1.807) is 4.90 Å². The van der Waals surface area contributed by atoms with Gasteiger partial charge >= 0.3 is 13.3 Å². The molecule has 4 heterocycles. The molecule has 11 nitrogen and oxygen atoms in total. The number of aliphatic hydroxyl groups is 1. The number of likely N-dealkylation sites (tertiary alicyclic amines) is 1. The zero-order chi connectivity index (χ0) is 34.4. The maximum Gasteiger partial charge on any atom is 0.399 e. The van der Waals surface area contributed by atoms with E-state index in [-0.39, 0.29) is 41.5 Å². The molecule has 1 aromatic heterocycles. The summed E-state index contributed by atoms with van der Waals surface area (Å²) in [7, 11) is -5.79. The van der Waals surface area contributed by atoms with Crippen LogP contribution in [0.4, 0.5) is 8.78 Å². The molecular weight excluding hydrogens is 665 g/mol. The molecule has 6 rings (SSSR count). The number of hydrogen-bond acceptors (Lipinski definition) is 7. The first kappa shape index (κ1) is 34.1. The van der Waals surface area contributed by atoms with Gasteiger partial charge in [0.2, 0.25) is 11.8 Å². The average Bonchev–Trinajstić information content (AvgIpc) is 3.78. The third kappa shape index (κ3) is 6.37. The number of halogens is 2. The van der Waals surface area contributed by atoms with E-state index in [1.165, 1.54) is 17.0 Å². The van der Waals surface area contributed by atoms with Crippen LogP contribution in [0, 0.1) is 17.2 Å². The standard InChI is InChI=1S/C33H35F2N4O7PS/c34-33(35,47(44,45)46)22-11-12-28-20(13-22)14-29(48-28)30(41)37-24-9-5-2-6-10-25-27(40)15-26(39(25)31(24)42)32(43)38-17-21(16-36)23(18-38)19-7-3-1-4-8-19/h1,3-4,7-8,11-14,21,23-27,40H,2,5-6,9-10,15,17-18H2,(H,37,41)(H2,44,45,46)/t21?,23-,24-,25-,26-,27+/m0/s1. The second-order valence-electron chi connectivity index (χ2n) is 12.7. The van der Waals surface area contributed by atoms with Crippen molar-refractivity contribution in [3.05, 3.63) is 70.6 Å². The van der Waals surface area contributed by atoms with E-state index in [1.807, 2.05) is 30.3 Å². The molecule has 3 amide bonds. The highest BCUT2D eigenvalue weighted by Gasteiger charge is 2.52. The van der Waals surface area contributed by atoms with Gasteiger partial charge in [0.15, 0.2) is 0 Å². The highest BCUT2D eigenvalue weighted by atomic mass is 32.1. The second-order valence-corrected chi connectivity index (χ2v) is 15.5. The summed E-state index contributed by atoms with van der Waals surface area (Å²) in [6.07, 6.45) is 1.92. The molecule has 3 saturated heterocycles. The Balaban J connectivity index is 1.23. The number of fused-ring (bicyclic) bond motifs is 2. The summed E-state index contributed by atoms with van der Waals surface area (Å²) < 4.78 is 40.5. The minimum atomic E-state index is -5.79. The second kappa shape index (κ2) is 13.3. The highest BCUT2D eigenvalue weighted by molar-refractivity contribution is 7.52. The molecule has 254 valence electrons. The lowest BCUT2D eigenvalue weighted by molar-refractivity contribution is -0.146. The topological polar surface area (TPSA) is 171 Å². The number of thiophene rings is 1. The van der Waals surface area contributed by atoms with Crippen molar-refractivity contribution in [2.24, 2.45) is 5.92 Å². The Bertz CT molecular complexity index is 1810. The largest absolute Gasteiger partial charge is 0.399 e. The van der Waals surface area contributed by atoms with Crippen molar-refractivity contribution in [1.29, 1.82) is 5.26 Å². The lowest BCUT2D eigenvalue weighted by atomic mass is 9.90. The molecule has 15 heteroatoms. The Morgan fingerprint density at radius 1 is 1.04 bits per heavy atom. The Morgan fingerprint density at radius 2 is 1.77 bits per heavy atom. The molecule has 4 N–H and O–H groups in total. The number of amides is 3. The van der Waals surface area contributed by atoms with Crippen LogP contribution in [0.2, 0.25) is 0 Å². The molecule has 3 aromatic rings. The van der Waals surface area contributed by atoms with Crippen molar-refractivity contribution in [3.63, 3.8) is 0 Å². The predicted octanol–water partition coefficient (Wildman–Crippen LogP) is 4.29. The van der Waals surface area contributed by atoms with Crippen molar-refractivity contribution in [2.75, 3.05) is 13.1 Å². The van der Waals surface area contributed by atoms with Crippen LogP contribution < -0.4 is 5.32 Å². The zero-order valence-corrected chi connectivity index (χ0v) is 27.5. The Hall–Kier alpha value is -3.73. The van der Waals surface area contributed by atoms with Gasteiger partial charge in [0.05, 0.1) is 29.0 Å². The van der Waals surface area contributed by atoms with Crippen molar-refractivity contribution in [1.82, 2.24) is 15.1 Å². The molecule has 3 aliphatic rings. The van der Waals surface area contributed by atoms with Gasteiger partial charge in [-0.1, -0.05) is 55.7 Å². The van der Waals surface area contributed by atoms with Crippen molar-refractivity contribution in [3.8, 4) is 6.07 Å². The molecule has 48 heavy (non-hydrogen) atoms. The number of aliphatic hydroxyl groups excluding tert-OH is 1. The van der Waals surface area contributed by atoms with Gasteiger partial charge in [0, 0.05) is 35.7 Å². The number of nitriles is 1. The first-order valence-corrected chi connectivity index (χ1v) is 18.2. The van der Waals surface area contributed by atoms with Crippen LogP contribution in [0.25, 0.3) is 10.1 Å². The fourth-order valence-electron chi connectivity index (χ4n) is 7.20. The van der Waals surface area contributed by atoms with Gasteiger partial charge in [-0.2, -0.15) is 14.0 Å². The van der Waals surface area contributed by atoms with Crippen LogP contribution in [-0.2, 0) is 19.8 Å². The molecular formula is C33H35F2N4O7PS. The number of nitrogens with zero attached hydrogens (tertiary/aromatic N) is 3. The summed E-state index contributed by atoms with van der Waals surface area (Å²) in [5.74, 6) is -2.11. The first-order valence-electron chi connectivity index (χ1n) is 15.8. The summed E-state index contributed by atoms with van der Waals surface area (Å²) in [6.45, 7) is 0.496. The SMILES string of the molecule is N#CC1CN(C(=O)[C@@H]2C[C@@H](O)[C@@H]3CCCCC[C@H](NC(=O)c4cc5cc(C(F)(F)P(=O)(O)O)ccc5s4)C(=O)N23)C[C@H]1c1ccccc1. The fraction of sp³-hybridized carbons (Fsp3) is 0.455. The molecule has 0 radical (unpaired) electrons. The summed E-state index contributed by atoms with van der Waals surface area (Å²) in [6, 6.07) is 13.6. The van der Waals surface area contributed by atoms with E-state index >= 15 is 0 Å². The lowest BCUT2D eigenvalue weighted by Gasteiger charge is -2.34. The van der Waals surface area contributed by atoms with E-state index in [0.29, 0.717) is 30.5 Å². The minimum absolute atomic E-state index is 0.0392. The molecule has 1 unspecified atom stereocenters. The first-order chi connectivity index (χ1) is 22.8. The van der Waals surface area contributed by atoms with Gasteiger partial charge in [-0.25, -0.2) is 0 Å². The third-order valence-corrected chi connectivity index (χ3v) is 11.8. The summed E-state index contributed by atoms with van der Waals surface area (Å²) >= 11 is 0.975. The molecule has 0 spiro atoms. The number of nitrogens with one attached hydrogen (secondary N) is 1. The normalized spacial score (nSPS) is 26.8. The molecule has 3 fully saturated rings. The third-order valence-electron chi connectivity index (χ3n) is 9.72. The average molecular weight is 701 g/mol. The number of carbonyl (C=O) groups is 3.